The lowest BCUT2D eigenvalue weighted by atomic mass is 10.1. The molecule has 148 valence electrons. The molecule has 0 saturated carbocycles. The maximum Gasteiger partial charge on any atom is 0.209 e. The highest BCUT2D eigenvalue weighted by Gasteiger charge is 2.33. The Labute approximate surface area is 161 Å². The van der Waals surface area contributed by atoms with Crippen LogP contribution in [0.15, 0.2) is 24.3 Å². The molecule has 0 bridgehead atoms. The van der Waals surface area contributed by atoms with Gasteiger partial charge in [0.1, 0.15) is 44.5 Å². The van der Waals surface area contributed by atoms with Crippen LogP contribution in [0.1, 0.15) is 30.8 Å². The number of nitrogens with zero attached hydrogens (tertiary/aromatic N) is 4. The molecule has 8 heteroatoms. The molecule has 1 atom stereocenters. The van der Waals surface area contributed by atoms with E-state index in [4.69, 9.17) is 9.47 Å². The van der Waals surface area contributed by atoms with Gasteiger partial charge >= 0.3 is 0 Å². The summed E-state index contributed by atoms with van der Waals surface area (Å²) in [7, 11) is 3.45. The zero-order valence-corrected chi connectivity index (χ0v) is 16.6. The number of hydrogen-bond donors (Lipinski definition) is 2. The second-order valence-electron chi connectivity index (χ2n) is 7.11. The quantitative estimate of drug-likeness (QED) is 0.573. The summed E-state index contributed by atoms with van der Waals surface area (Å²) in [6.45, 7) is 9.10. The number of benzene rings is 1. The molecule has 1 aromatic heterocycles. The SMILES string of the molecule is CC[C@@H](c1nnnn1CCOC)[NH+]1CC[NH+](Cc2ccccc2OC)CC1. The van der Waals surface area contributed by atoms with E-state index < -0.39 is 0 Å². The van der Waals surface area contributed by atoms with Crippen LogP contribution in [0.3, 0.4) is 0 Å². The number of ether oxygens (including phenoxy) is 2. The molecule has 3 rings (SSSR count). The van der Waals surface area contributed by atoms with Crippen molar-refractivity contribution in [1.29, 1.82) is 0 Å². The minimum atomic E-state index is 0.338. The number of rotatable bonds is 9. The Balaban J connectivity index is 1.60. The number of hydrogen-bond acceptors (Lipinski definition) is 5. The second kappa shape index (κ2) is 9.77. The fourth-order valence-corrected chi connectivity index (χ4v) is 4.02. The Morgan fingerprint density at radius 2 is 1.93 bits per heavy atom. The molecule has 1 fully saturated rings. The summed E-state index contributed by atoms with van der Waals surface area (Å²) in [6.07, 6.45) is 1.03. The molecule has 2 aromatic rings. The van der Waals surface area contributed by atoms with Crippen molar-refractivity contribution in [2.24, 2.45) is 0 Å². The number of para-hydroxylation sites is 1. The monoisotopic (exact) mass is 376 g/mol. The van der Waals surface area contributed by atoms with Crippen LogP contribution < -0.4 is 14.5 Å². The van der Waals surface area contributed by atoms with Crippen molar-refractivity contribution < 1.29 is 19.3 Å². The summed E-state index contributed by atoms with van der Waals surface area (Å²) in [6, 6.07) is 8.67. The third kappa shape index (κ3) is 4.82. The predicted octanol–water partition coefficient (Wildman–Crippen LogP) is -1.24. The van der Waals surface area contributed by atoms with Gasteiger partial charge in [-0.1, -0.05) is 19.1 Å². The zero-order chi connectivity index (χ0) is 19.1. The summed E-state index contributed by atoms with van der Waals surface area (Å²) in [5.41, 5.74) is 1.29. The first-order valence-electron chi connectivity index (χ1n) is 9.81. The van der Waals surface area contributed by atoms with Gasteiger partial charge in [-0.2, -0.15) is 0 Å². The van der Waals surface area contributed by atoms with E-state index in [-0.39, 0.29) is 0 Å². The summed E-state index contributed by atoms with van der Waals surface area (Å²) in [5.74, 6) is 1.97. The molecule has 1 saturated heterocycles. The highest BCUT2D eigenvalue weighted by molar-refractivity contribution is 5.32. The molecule has 0 radical (unpaired) electrons. The van der Waals surface area contributed by atoms with E-state index in [1.807, 2.05) is 16.8 Å². The summed E-state index contributed by atoms with van der Waals surface area (Å²) in [4.78, 5) is 3.19. The minimum absolute atomic E-state index is 0.338. The van der Waals surface area contributed by atoms with Gasteiger partial charge in [0.2, 0.25) is 5.82 Å². The molecule has 0 amide bonds. The van der Waals surface area contributed by atoms with Crippen LogP contribution in [0.25, 0.3) is 0 Å². The van der Waals surface area contributed by atoms with Gasteiger partial charge < -0.3 is 19.3 Å². The number of nitrogens with one attached hydrogen (secondary N) is 2. The normalized spacial score (nSPS) is 21.1. The average Bonchev–Trinajstić information content (AvgIpc) is 3.17. The molecule has 0 aliphatic carbocycles. The van der Waals surface area contributed by atoms with Gasteiger partial charge in [-0.05, 0) is 22.6 Å². The standard InChI is InChI=1S/C19H30N6O2/c1-4-17(19-20-21-22-25(19)13-14-26-2)24-11-9-23(10-12-24)15-16-7-5-6-8-18(16)27-3/h5-8,17H,4,9-15H2,1-3H3/p+2/t17-/m0/s1. The average molecular weight is 377 g/mol. The summed E-state index contributed by atoms with van der Waals surface area (Å²) >= 11 is 0. The highest BCUT2D eigenvalue weighted by Crippen LogP contribution is 2.15. The molecule has 2 N–H and O–H groups in total. The molecule has 0 unspecified atom stereocenters. The third-order valence-electron chi connectivity index (χ3n) is 5.51. The van der Waals surface area contributed by atoms with E-state index in [0.717, 1.165) is 50.7 Å². The zero-order valence-electron chi connectivity index (χ0n) is 16.6. The third-order valence-corrected chi connectivity index (χ3v) is 5.51. The van der Waals surface area contributed by atoms with Gasteiger partial charge in [0.15, 0.2) is 0 Å². The van der Waals surface area contributed by atoms with Crippen molar-refractivity contribution in [3.63, 3.8) is 0 Å². The van der Waals surface area contributed by atoms with Crippen LogP contribution in [0.4, 0.5) is 0 Å². The Kier molecular flexibility index (Phi) is 7.14. The molecule has 2 heterocycles. The predicted molar refractivity (Wildman–Crippen MR) is 101 cm³/mol. The highest BCUT2D eigenvalue weighted by atomic mass is 16.5. The number of piperazine rings is 1. The van der Waals surface area contributed by atoms with Gasteiger partial charge in [0.25, 0.3) is 0 Å². The number of quaternary nitrogens is 2. The van der Waals surface area contributed by atoms with Gasteiger partial charge in [0, 0.05) is 19.1 Å². The van der Waals surface area contributed by atoms with Crippen LogP contribution in [0.5, 0.6) is 5.75 Å². The van der Waals surface area contributed by atoms with E-state index in [0.29, 0.717) is 19.2 Å². The molecular formula is C19H32N6O2+2. The fraction of sp³-hybridized carbons (Fsp3) is 0.632. The van der Waals surface area contributed by atoms with Crippen molar-refractivity contribution in [2.75, 3.05) is 47.0 Å². The van der Waals surface area contributed by atoms with Crippen LogP contribution in [-0.4, -0.2) is 67.2 Å². The molecule has 8 nitrogen and oxygen atoms in total. The van der Waals surface area contributed by atoms with E-state index >= 15 is 0 Å². The maximum absolute atomic E-state index is 5.50. The van der Waals surface area contributed by atoms with E-state index in [9.17, 15) is 0 Å². The molecule has 27 heavy (non-hydrogen) atoms. The first-order valence-corrected chi connectivity index (χ1v) is 9.81. The van der Waals surface area contributed by atoms with Gasteiger partial charge in [0.05, 0.1) is 20.3 Å². The number of methoxy groups -OCH3 is 2. The first kappa shape index (κ1) is 19.7. The Morgan fingerprint density at radius 3 is 2.63 bits per heavy atom. The van der Waals surface area contributed by atoms with Crippen molar-refractivity contribution in [3.05, 3.63) is 35.7 Å². The first-order chi connectivity index (χ1) is 13.3. The van der Waals surface area contributed by atoms with Crippen molar-refractivity contribution in [2.45, 2.75) is 32.5 Å². The lowest BCUT2D eigenvalue weighted by Crippen LogP contribution is -3.27. The lowest BCUT2D eigenvalue weighted by Gasteiger charge is -2.33. The Hall–Kier alpha value is -2.03. The second-order valence-corrected chi connectivity index (χ2v) is 7.11. The van der Waals surface area contributed by atoms with Crippen molar-refractivity contribution in [3.8, 4) is 5.75 Å². The van der Waals surface area contributed by atoms with Gasteiger partial charge in [-0.3, -0.25) is 0 Å². The minimum Gasteiger partial charge on any atom is -0.496 e. The molecule has 1 aromatic carbocycles. The largest absolute Gasteiger partial charge is 0.496 e. The van der Waals surface area contributed by atoms with Crippen LogP contribution >= 0.6 is 0 Å². The van der Waals surface area contributed by atoms with E-state index in [1.54, 1.807) is 24.0 Å². The Morgan fingerprint density at radius 1 is 1.15 bits per heavy atom. The van der Waals surface area contributed by atoms with Crippen LogP contribution in [0.2, 0.25) is 0 Å². The van der Waals surface area contributed by atoms with E-state index in [1.165, 1.54) is 5.56 Å². The smallest absolute Gasteiger partial charge is 0.209 e. The molecule has 1 aliphatic rings. The summed E-state index contributed by atoms with van der Waals surface area (Å²) in [5, 5.41) is 12.4. The van der Waals surface area contributed by atoms with Gasteiger partial charge in [-0.15, -0.1) is 5.10 Å². The number of tetrazole rings is 1. The maximum atomic E-state index is 5.50. The van der Waals surface area contributed by atoms with E-state index in [2.05, 4.69) is 34.6 Å². The number of aromatic nitrogens is 4. The molecular weight excluding hydrogens is 344 g/mol. The van der Waals surface area contributed by atoms with Crippen molar-refractivity contribution >= 4 is 0 Å². The van der Waals surface area contributed by atoms with Crippen LogP contribution in [-0.2, 0) is 17.8 Å². The topological polar surface area (TPSA) is 70.9 Å². The lowest BCUT2D eigenvalue weighted by molar-refractivity contribution is -1.03. The van der Waals surface area contributed by atoms with Gasteiger partial charge in [-0.25, -0.2) is 4.68 Å². The molecule has 0 spiro atoms. The Bertz CT molecular complexity index is 699. The molecule has 1 aliphatic heterocycles. The van der Waals surface area contributed by atoms with Crippen molar-refractivity contribution in [1.82, 2.24) is 20.2 Å². The summed E-state index contributed by atoms with van der Waals surface area (Å²) < 4.78 is 12.6. The fourth-order valence-electron chi connectivity index (χ4n) is 4.02. The van der Waals surface area contributed by atoms with Crippen LogP contribution in [0, 0.1) is 0 Å².